The number of nitrogens with one attached hydrogen (secondary N) is 2. The lowest BCUT2D eigenvalue weighted by atomic mass is 10.3. The standard InChI is InChI=1S/C14H17BrN2O2S2/c1-2-7-16-9-11-8-14(20-10-11)21(18,19)17-13-5-3-12(15)4-6-13/h3-6,8,10,16-17H,2,7,9H2,1H3. The number of benzene rings is 1. The average Bonchev–Trinajstić information content (AvgIpc) is 2.91. The molecule has 2 aromatic rings. The van der Waals surface area contributed by atoms with Crippen molar-refractivity contribution < 1.29 is 8.42 Å². The monoisotopic (exact) mass is 388 g/mol. The number of hydrogen-bond acceptors (Lipinski definition) is 4. The van der Waals surface area contributed by atoms with Crippen LogP contribution in [0, 0.1) is 0 Å². The summed E-state index contributed by atoms with van der Waals surface area (Å²) in [4.78, 5) is 0. The van der Waals surface area contributed by atoms with Crippen LogP contribution in [0.4, 0.5) is 5.69 Å². The molecular formula is C14H17BrN2O2S2. The molecule has 2 rings (SSSR count). The molecular weight excluding hydrogens is 372 g/mol. The maximum atomic E-state index is 12.3. The first-order valence-corrected chi connectivity index (χ1v) is 9.73. The lowest BCUT2D eigenvalue weighted by molar-refractivity contribution is 0.603. The molecule has 0 fully saturated rings. The van der Waals surface area contributed by atoms with Crippen molar-refractivity contribution in [2.45, 2.75) is 24.1 Å². The van der Waals surface area contributed by atoms with Crippen LogP contribution < -0.4 is 10.0 Å². The van der Waals surface area contributed by atoms with E-state index in [1.54, 1.807) is 30.3 Å². The molecule has 0 aliphatic carbocycles. The first-order chi connectivity index (χ1) is 10.0. The molecule has 0 unspecified atom stereocenters. The first kappa shape index (κ1) is 16.5. The number of rotatable bonds is 7. The lowest BCUT2D eigenvalue weighted by Crippen LogP contribution is -2.13. The average molecular weight is 389 g/mol. The van der Waals surface area contributed by atoms with Crippen LogP contribution in [0.3, 0.4) is 0 Å². The van der Waals surface area contributed by atoms with Gasteiger partial charge in [-0.05, 0) is 54.2 Å². The van der Waals surface area contributed by atoms with E-state index in [1.807, 2.05) is 5.38 Å². The molecule has 0 aliphatic heterocycles. The summed E-state index contributed by atoms with van der Waals surface area (Å²) in [5.74, 6) is 0. The van der Waals surface area contributed by atoms with Crippen LogP contribution in [0.5, 0.6) is 0 Å². The zero-order chi connectivity index (χ0) is 15.3. The van der Waals surface area contributed by atoms with Crippen molar-refractivity contribution in [1.82, 2.24) is 5.32 Å². The minimum absolute atomic E-state index is 0.332. The van der Waals surface area contributed by atoms with Crippen LogP contribution >= 0.6 is 27.3 Å². The maximum Gasteiger partial charge on any atom is 0.271 e. The summed E-state index contributed by atoms with van der Waals surface area (Å²) in [6, 6.07) is 8.76. The van der Waals surface area contributed by atoms with Crippen LogP contribution in [0.1, 0.15) is 18.9 Å². The molecule has 1 aromatic heterocycles. The zero-order valence-electron chi connectivity index (χ0n) is 11.6. The summed E-state index contributed by atoms with van der Waals surface area (Å²) in [7, 11) is -3.51. The molecule has 1 aromatic carbocycles. The Bertz CT molecular complexity index is 681. The molecule has 0 atom stereocenters. The highest BCUT2D eigenvalue weighted by Gasteiger charge is 2.16. The van der Waals surface area contributed by atoms with Crippen molar-refractivity contribution in [3.8, 4) is 0 Å². The third-order valence-corrected chi connectivity index (χ3v) is 6.15. The fourth-order valence-electron chi connectivity index (χ4n) is 1.72. The number of sulfonamides is 1. The smallest absolute Gasteiger partial charge is 0.271 e. The van der Waals surface area contributed by atoms with Gasteiger partial charge in [0.2, 0.25) is 0 Å². The topological polar surface area (TPSA) is 58.2 Å². The largest absolute Gasteiger partial charge is 0.313 e. The normalized spacial score (nSPS) is 11.5. The van der Waals surface area contributed by atoms with Gasteiger partial charge in [-0.2, -0.15) is 0 Å². The minimum Gasteiger partial charge on any atom is -0.313 e. The second kappa shape index (κ2) is 7.40. The molecule has 2 N–H and O–H groups in total. The molecule has 0 radical (unpaired) electrons. The molecule has 21 heavy (non-hydrogen) atoms. The third kappa shape index (κ3) is 4.81. The number of anilines is 1. The molecule has 0 saturated heterocycles. The molecule has 0 bridgehead atoms. The zero-order valence-corrected chi connectivity index (χ0v) is 14.8. The molecule has 1 heterocycles. The van der Waals surface area contributed by atoms with Gasteiger partial charge >= 0.3 is 0 Å². The predicted molar refractivity (Wildman–Crippen MR) is 91.3 cm³/mol. The van der Waals surface area contributed by atoms with Gasteiger partial charge in [-0.1, -0.05) is 22.9 Å². The Kier molecular flexibility index (Phi) is 5.80. The van der Waals surface area contributed by atoms with Crippen molar-refractivity contribution in [2.24, 2.45) is 0 Å². The fourth-order valence-corrected chi connectivity index (χ4v) is 4.25. The van der Waals surface area contributed by atoms with Crippen LogP contribution in [0.15, 0.2) is 44.4 Å². The minimum atomic E-state index is -3.51. The Balaban J connectivity index is 2.07. The highest BCUT2D eigenvalue weighted by Crippen LogP contribution is 2.24. The molecule has 0 saturated carbocycles. The van der Waals surface area contributed by atoms with Gasteiger partial charge in [-0.15, -0.1) is 11.3 Å². The predicted octanol–water partition coefficient (Wildman–Crippen LogP) is 3.81. The number of hydrogen-bond donors (Lipinski definition) is 2. The highest BCUT2D eigenvalue weighted by atomic mass is 79.9. The summed E-state index contributed by atoms with van der Waals surface area (Å²) in [6.07, 6.45) is 1.06. The van der Waals surface area contributed by atoms with Crippen molar-refractivity contribution >= 4 is 43.0 Å². The van der Waals surface area contributed by atoms with E-state index in [2.05, 4.69) is 32.9 Å². The highest BCUT2D eigenvalue weighted by molar-refractivity contribution is 9.10. The summed E-state index contributed by atoms with van der Waals surface area (Å²) in [5, 5.41) is 5.13. The van der Waals surface area contributed by atoms with Gasteiger partial charge in [0.1, 0.15) is 4.21 Å². The fraction of sp³-hybridized carbons (Fsp3) is 0.286. The summed E-state index contributed by atoms with van der Waals surface area (Å²) < 4.78 is 28.4. The van der Waals surface area contributed by atoms with Gasteiger partial charge < -0.3 is 5.32 Å². The van der Waals surface area contributed by atoms with Crippen LogP contribution in [-0.2, 0) is 16.6 Å². The Morgan fingerprint density at radius 3 is 2.62 bits per heavy atom. The quantitative estimate of drug-likeness (QED) is 0.708. The van der Waals surface area contributed by atoms with E-state index in [0.717, 1.165) is 23.0 Å². The van der Waals surface area contributed by atoms with E-state index >= 15 is 0 Å². The van der Waals surface area contributed by atoms with Crippen LogP contribution in [0.25, 0.3) is 0 Å². The van der Waals surface area contributed by atoms with Crippen LogP contribution in [-0.4, -0.2) is 15.0 Å². The molecule has 7 heteroatoms. The second-order valence-corrected chi connectivity index (χ2v) is 8.30. The Hall–Kier alpha value is -0.890. The van der Waals surface area contributed by atoms with Gasteiger partial charge in [-0.3, -0.25) is 4.72 Å². The number of halogens is 1. The van der Waals surface area contributed by atoms with E-state index < -0.39 is 10.0 Å². The second-order valence-electron chi connectivity index (χ2n) is 4.56. The molecule has 0 aliphatic rings. The van der Waals surface area contributed by atoms with Gasteiger partial charge in [0.05, 0.1) is 0 Å². The van der Waals surface area contributed by atoms with Gasteiger partial charge in [0.25, 0.3) is 10.0 Å². The van der Waals surface area contributed by atoms with E-state index in [9.17, 15) is 8.42 Å². The van der Waals surface area contributed by atoms with E-state index in [4.69, 9.17) is 0 Å². The van der Waals surface area contributed by atoms with E-state index in [-0.39, 0.29) is 0 Å². The molecule has 0 spiro atoms. The van der Waals surface area contributed by atoms with Gasteiger partial charge in [0.15, 0.2) is 0 Å². The van der Waals surface area contributed by atoms with E-state index in [0.29, 0.717) is 16.4 Å². The van der Waals surface area contributed by atoms with Crippen LogP contribution in [0.2, 0.25) is 0 Å². The molecule has 114 valence electrons. The van der Waals surface area contributed by atoms with Gasteiger partial charge in [-0.25, -0.2) is 8.42 Å². The Morgan fingerprint density at radius 1 is 1.24 bits per heavy atom. The first-order valence-electron chi connectivity index (χ1n) is 6.58. The summed E-state index contributed by atoms with van der Waals surface area (Å²) >= 11 is 4.56. The van der Waals surface area contributed by atoms with Crippen molar-refractivity contribution in [1.29, 1.82) is 0 Å². The van der Waals surface area contributed by atoms with Gasteiger partial charge in [0, 0.05) is 16.7 Å². The maximum absolute atomic E-state index is 12.3. The SMILES string of the molecule is CCCNCc1csc(S(=O)(=O)Nc2ccc(Br)cc2)c1. The Morgan fingerprint density at radius 2 is 1.95 bits per heavy atom. The van der Waals surface area contributed by atoms with Crippen molar-refractivity contribution in [2.75, 3.05) is 11.3 Å². The lowest BCUT2D eigenvalue weighted by Gasteiger charge is -2.06. The molecule has 4 nitrogen and oxygen atoms in total. The van der Waals surface area contributed by atoms with Crippen molar-refractivity contribution in [3.63, 3.8) is 0 Å². The summed E-state index contributed by atoms with van der Waals surface area (Å²) in [5.41, 5.74) is 1.54. The van der Waals surface area contributed by atoms with Crippen molar-refractivity contribution in [3.05, 3.63) is 45.7 Å². The number of thiophene rings is 1. The summed E-state index contributed by atoms with van der Waals surface area (Å²) in [6.45, 7) is 3.71. The Labute approximate surface area is 137 Å². The molecule has 0 amide bonds. The van der Waals surface area contributed by atoms with E-state index in [1.165, 1.54) is 11.3 Å². The third-order valence-electron chi connectivity index (χ3n) is 2.75.